The molecule has 1 aromatic carbocycles. The molecule has 0 unspecified atom stereocenters. The summed E-state index contributed by atoms with van der Waals surface area (Å²) in [6.45, 7) is 3.74. The molecule has 3 N–H and O–H groups in total. The van der Waals surface area contributed by atoms with E-state index < -0.39 is 0 Å². The Hall–Kier alpha value is -1.91. The van der Waals surface area contributed by atoms with Gasteiger partial charge in [-0.2, -0.15) is 0 Å². The molecule has 0 aliphatic heterocycles. The first-order valence-corrected chi connectivity index (χ1v) is 5.39. The lowest BCUT2D eigenvalue weighted by molar-refractivity contribution is -0.133. The van der Waals surface area contributed by atoms with Gasteiger partial charge in [0, 0.05) is 13.1 Å². The number of carbonyl (C=O) groups excluding carboxylic acids is 1. The van der Waals surface area contributed by atoms with Gasteiger partial charge >= 0.3 is 0 Å². The van der Waals surface area contributed by atoms with Crippen LogP contribution >= 0.6 is 0 Å². The second kappa shape index (κ2) is 5.43. The van der Waals surface area contributed by atoms with E-state index in [0.717, 1.165) is 0 Å². The van der Waals surface area contributed by atoms with Gasteiger partial charge in [0.05, 0.1) is 0 Å². The number of phenols is 1. The third kappa shape index (κ3) is 3.27. The largest absolute Gasteiger partial charge is 0.506 e. The van der Waals surface area contributed by atoms with Crippen LogP contribution in [0.15, 0.2) is 18.2 Å². The minimum absolute atomic E-state index is 0.0489. The van der Waals surface area contributed by atoms with Crippen molar-refractivity contribution >= 4 is 11.6 Å². The lowest BCUT2D eigenvalue weighted by atomic mass is 10.3. The van der Waals surface area contributed by atoms with E-state index in [1.54, 1.807) is 24.1 Å². The Bertz CT molecular complexity index is 405. The fourth-order valence-electron chi connectivity index (χ4n) is 1.19. The molecule has 0 saturated heterocycles. The molecule has 1 aromatic rings. The summed E-state index contributed by atoms with van der Waals surface area (Å²) in [4.78, 5) is 13.2. The topological polar surface area (TPSA) is 75.8 Å². The van der Waals surface area contributed by atoms with Crippen molar-refractivity contribution in [1.82, 2.24) is 4.90 Å². The highest BCUT2D eigenvalue weighted by atomic mass is 16.5. The molecule has 1 rings (SSSR count). The number of amides is 1. The molecule has 5 nitrogen and oxygen atoms in total. The van der Waals surface area contributed by atoms with Crippen LogP contribution in [0.4, 0.5) is 5.69 Å². The number of nitrogens with two attached hydrogens (primary N) is 1. The normalized spacial score (nSPS) is 10.4. The molecule has 0 saturated carbocycles. The molecule has 0 radical (unpaired) electrons. The van der Waals surface area contributed by atoms with Crippen LogP contribution in [0.5, 0.6) is 11.5 Å². The van der Waals surface area contributed by atoms with Gasteiger partial charge in [0.2, 0.25) is 0 Å². The molecule has 0 spiro atoms. The van der Waals surface area contributed by atoms with E-state index in [1.807, 2.05) is 13.8 Å². The lowest BCUT2D eigenvalue weighted by Gasteiger charge is -2.21. The van der Waals surface area contributed by atoms with Gasteiger partial charge in [0.1, 0.15) is 17.2 Å². The molecule has 0 heterocycles. The zero-order valence-electron chi connectivity index (χ0n) is 10.3. The van der Waals surface area contributed by atoms with Gasteiger partial charge in [-0.1, -0.05) is 6.07 Å². The van der Waals surface area contributed by atoms with E-state index in [1.165, 1.54) is 6.07 Å². The smallest absolute Gasteiger partial charge is 0.260 e. The number of anilines is 1. The van der Waals surface area contributed by atoms with Crippen LogP contribution in [0.1, 0.15) is 13.8 Å². The summed E-state index contributed by atoms with van der Waals surface area (Å²) in [5.74, 6) is 0.130. The first kappa shape index (κ1) is 13.2. The number of likely N-dealkylation sites (N-methyl/N-ethyl adjacent to an activating group) is 1. The van der Waals surface area contributed by atoms with E-state index in [4.69, 9.17) is 10.5 Å². The third-order valence-corrected chi connectivity index (χ3v) is 2.56. The number of benzene rings is 1. The number of para-hydroxylation sites is 1. The molecule has 17 heavy (non-hydrogen) atoms. The quantitative estimate of drug-likeness (QED) is 0.611. The minimum Gasteiger partial charge on any atom is -0.506 e. The van der Waals surface area contributed by atoms with Crippen molar-refractivity contribution in [3.05, 3.63) is 18.2 Å². The summed E-state index contributed by atoms with van der Waals surface area (Å²) < 4.78 is 5.27. The zero-order valence-corrected chi connectivity index (χ0v) is 10.3. The summed E-state index contributed by atoms with van der Waals surface area (Å²) in [5.41, 5.74) is 5.75. The van der Waals surface area contributed by atoms with E-state index in [9.17, 15) is 9.90 Å². The second-order valence-electron chi connectivity index (χ2n) is 4.08. The zero-order chi connectivity index (χ0) is 13.0. The van der Waals surface area contributed by atoms with Crippen molar-refractivity contribution in [3.8, 4) is 11.5 Å². The SMILES string of the molecule is CC(C)N(C)C(=O)COc1cccc(O)c1N. The predicted molar refractivity (Wildman–Crippen MR) is 65.9 cm³/mol. The number of carbonyl (C=O) groups is 1. The highest BCUT2D eigenvalue weighted by molar-refractivity contribution is 5.78. The fourth-order valence-corrected chi connectivity index (χ4v) is 1.19. The molecule has 0 fully saturated rings. The van der Waals surface area contributed by atoms with Crippen molar-refractivity contribution < 1.29 is 14.6 Å². The van der Waals surface area contributed by atoms with Crippen LogP contribution in [0.3, 0.4) is 0 Å². The predicted octanol–water partition coefficient (Wildman–Crippen LogP) is 1.22. The number of ether oxygens (including phenoxy) is 1. The van der Waals surface area contributed by atoms with Crippen LogP contribution in [-0.4, -0.2) is 35.6 Å². The number of phenolic OH excluding ortho intramolecular Hbond substituents is 1. The van der Waals surface area contributed by atoms with Crippen LogP contribution in [0.25, 0.3) is 0 Å². The van der Waals surface area contributed by atoms with Gasteiger partial charge in [-0.25, -0.2) is 0 Å². The van der Waals surface area contributed by atoms with Gasteiger partial charge in [-0.05, 0) is 26.0 Å². The molecule has 0 aliphatic rings. The van der Waals surface area contributed by atoms with E-state index in [2.05, 4.69) is 0 Å². The van der Waals surface area contributed by atoms with Crippen molar-refractivity contribution in [3.63, 3.8) is 0 Å². The van der Waals surface area contributed by atoms with Crippen molar-refractivity contribution in [2.45, 2.75) is 19.9 Å². The Morgan fingerprint density at radius 3 is 2.76 bits per heavy atom. The molecule has 0 bridgehead atoms. The fraction of sp³-hybridized carbons (Fsp3) is 0.417. The molecule has 5 heteroatoms. The summed E-state index contributed by atoms with van der Waals surface area (Å²) >= 11 is 0. The molecular weight excluding hydrogens is 220 g/mol. The molecule has 1 amide bonds. The van der Waals surface area contributed by atoms with Crippen LogP contribution < -0.4 is 10.5 Å². The molecule has 0 aromatic heterocycles. The van der Waals surface area contributed by atoms with Crippen LogP contribution in [0, 0.1) is 0 Å². The molecule has 0 aliphatic carbocycles. The highest BCUT2D eigenvalue weighted by Crippen LogP contribution is 2.29. The Morgan fingerprint density at radius 1 is 1.53 bits per heavy atom. The maximum absolute atomic E-state index is 11.7. The summed E-state index contributed by atoms with van der Waals surface area (Å²) in [5, 5.41) is 9.36. The lowest BCUT2D eigenvalue weighted by Crippen LogP contribution is -2.36. The Labute approximate surface area is 101 Å². The van der Waals surface area contributed by atoms with Crippen molar-refractivity contribution in [2.75, 3.05) is 19.4 Å². The first-order chi connectivity index (χ1) is 7.93. The monoisotopic (exact) mass is 238 g/mol. The van der Waals surface area contributed by atoms with E-state index >= 15 is 0 Å². The van der Waals surface area contributed by atoms with Gasteiger partial charge < -0.3 is 20.5 Å². The van der Waals surface area contributed by atoms with Crippen LogP contribution in [-0.2, 0) is 4.79 Å². The number of hydrogen-bond donors (Lipinski definition) is 2. The van der Waals surface area contributed by atoms with Crippen molar-refractivity contribution in [1.29, 1.82) is 0 Å². The van der Waals surface area contributed by atoms with Crippen LogP contribution in [0.2, 0.25) is 0 Å². The number of rotatable bonds is 4. The Balaban J connectivity index is 2.62. The van der Waals surface area contributed by atoms with Gasteiger partial charge in [0.15, 0.2) is 6.61 Å². The number of aromatic hydroxyl groups is 1. The standard InChI is InChI=1S/C12H18N2O3/c1-8(2)14(3)11(16)7-17-10-6-4-5-9(15)12(10)13/h4-6,8,15H,7,13H2,1-3H3. The molecule has 94 valence electrons. The Morgan fingerprint density at radius 2 is 2.18 bits per heavy atom. The third-order valence-electron chi connectivity index (χ3n) is 2.56. The highest BCUT2D eigenvalue weighted by Gasteiger charge is 2.13. The van der Waals surface area contributed by atoms with Gasteiger partial charge in [0.25, 0.3) is 5.91 Å². The Kier molecular flexibility index (Phi) is 4.20. The second-order valence-corrected chi connectivity index (χ2v) is 4.08. The van der Waals surface area contributed by atoms with E-state index in [0.29, 0.717) is 5.75 Å². The number of nitrogens with zero attached hydrogens (tertiary/aromatic N) is 1. The van der Waals surface area contributed by atoms with E-state index in [-0.39, 0.29) is 30.0 Å². The summed E-state index contributed by atoms with van der Waals surface area (Å²) in [6, 6.07) is 4.80. The summed E-state index contributed by atoms with van der Waals surface area (Å²) in [7, 11) is 1.71. The first-order valence-electron chi connectivity index (χ1n) is 5.39. The summed E-state index contributed by atoms with van der Waals surface area (Å²) in [6.07, 6.45) is 0. The average Bonchev–Trinajstić information content (AvgIpc) is 2.29. The van der Waals surface area contributed by atoms with Gasteiger partial charge in [-0.15, -0.1) is 0 Å². The maximum Gasteiger partial charge on any atom is 0.260 e. The van der Waals surface area contributed by atoms with Crippen molar-refractivity contribution in [2.24, 2.45) is 0 Å². The minimum atomic E-state index is -0.136. The number of nitrogen functional groups attached to an aromatic ring is 1. The maximum atomic E-state index is 11.7. The molecule has 0 atom stereocenters. The van der Waals surface area contributed by atoms with Gasteiger partial charge in [-0.3, -0.25) is 4.79 Å². The average molecular weight is 238 g/mol. The molecular formula is C12H18N2O3. The number of hydrogen-bond acceptors (Lipinski definition) is 4.